The lowest BCUT2D eigenvalue weighted by Crippen LogP contribution is -2.49. The van der Waals surface area contributed by atoms with Crippen LogP contribution in [0.3, 0.4) is 0 Å². The van der Waals surface area contributed by atoms with Crippen molar-refractivity contribution in [3.8, 4) is 0 Å². The number of nitrogens with zero attached hydrogens (tertiary/aromatic N) is 3. The van der Waals surface area contributed by atoms with Crippen molar-refractivity contribution in [2.24, 2.45) is 0 Å². The van der Waals surface area contributed by atoms with Crippen LogP contribution in [-0.2, 0) is 6.42 Å². The van der Waals surface area contributed by atoms with Crippen LogP contribution in [-0.4, -0.2) is 47.1 Å². The third-order valence-corrected chi connectivity index (χ3v) is 4.90. The van der Waals surface area contributed by atoms with Crippen LogP contribution in [0.2, 0.25) is 0 Å². The van der Waals surface area contributed by atoms with E-state index in [9.17, 15) is 4.79 Å². The van der Waals surface area contributed by atoms with Crippen molar-refractivity contribution >= 4 is 16.9 Å². The second-order valence-electron chi connectivity index (χ2n) is 6.18. The Morgan fingerprint density at radius 1 is 1.29 bits per heavy atom. The number of aromatic nitrogens is 1. The van der Waals surface area contributed by atoms with E-state index in [1.54, 1.807) is 0 Å². The van der Waals surface area contributed by atoms with Crippen LogP contribution >= 0.6 is 0 Å². The zero-order valence-corrected chi connectivity index (χ0v) is 12.7. The lowest BCUT2D eigenvalue weighted by atomic mass is 9.96. The summed E-state index contributed by atoms with van der Waals surface area (Å²) in [7, 11) is 1.92. The first kappa shape index (κ1) is 12.9. The Morgan fingerprint density at radius 2 is 2.10 bits per heavy atom. The Hall–Kier alpha value is -1.81. The fourth-order valence-electron chi connectivity index (χ4n) is 3.99. The van der Waals surface area contributed by atoms with Crippen LogP contribution in [0, 0.1) is 0 Å². The first-order valence-electron chi connectivity index (χ1n) is 7.84. The van der Waals surface area contributed by atoms with Gasteiger partial charge in [-0.3, -0.25) is 9.47 Å². The predicted octanol–water partition coefficient (Wildman–Crippen LogP) is 2.86. The summed E-state index contributed by atoms with van der Waals surface area (Å²) in [5, 5.41) is 1.26. The molecule has 0 aliphatic carbocycles. The first-order valence-corrected chi connectivity index (χ1v) is 7.84. The molecule has 21 heavy (non-hydrogen) atoms. The Kier molecular flexibility index (Phi) is 2.82. The summed E-state index contributed by atoms with van der Waals surface area (Å²) < 4.78 is 1.96. The van der Waals surface area contributed by atoms with Crippen molar-refractivity contribution in [3.63, 3.8) is 0 Å². The molecule has 0 radical (unpaired) electrons. The molecule has 0 spiro atoms. The molecule has 1 aromatic heterocycles. The van der Waals surface area contributed by atoms with Crippen LogP contribution in [0.15, 0.2) is 24.3 Å². The maximum atomic E-state index is 12.7. The SMILES string of the molecule is CCCN1CCc2c3n(c4ccccc24)C(=O)N(C)CC31. The van der Waals surface area contributed by atoms with Crippen molar-refractivity contribution in [2.45, 2.75) is 25.8 Å². The van der Waals surface area contributed by atoms with E-state index in [-0.39, 0.29) is 6.03 Å². The van der Waals surface area contributed by atoms with Crippen molar-refractivity contribution in [3.05, 3.63) is 35.5 Å². The second kappa shape index (κ2) is 4.60. The molecule has 1 unspecified atom stereocenters. The van der Waals surface area contributed by atoms with E-state index < -0.39 is 0 Å². The largest absolute Gasteiger partial charge is 0.328 e. The van der Waals surface area contributed by atoms with Gasteiger partial charge in [-0.05, 0) is 31.0 Å². The molecule has 0 fully saturated rings. The highest BCUT2D eigenvalue weighted by molar-refractivity contribution is 5.96. The summed E-state index contributed by atoms with van der Waals surface area (Å²) in [6, 6.07) is 8.80. The normalized spacial score (nSPS) is 21.9. The molecular formula is C17H21N3O. The molecule has 0 saturated heterocycles. The van der Waals surface area contributed by atoms with Gasteiger partial charge < -0.3 is 4.90 Å². The van der Waals surface area contributed by atoms with Gasteiger partial charge in [0.15, 0.2) is 0 Å². The average molecular weight is 283 g/mol. The molecule has 1 aromatic carbocycles. The van der Waals surface area contributed by atoms with Gasteiger partial charge in [-0.25, -0.2) is 4.79 Å². The van der Waals surface area contributed by atoms with Crippen LogP contribution in [0.5, 0.6) is 0 Å². The van der Waals surface area contributed by atoms with E-state index >= 15 is 0 Å². The second-order valence-corrected chi connectivity index (χ2v) is 6.18. The predicted molar refractivity (Wildman–Crippen MR) is 83.7 cm³/mol. The van der Waals surface area contributed by atoms with Gasteiger partial charge in [0.2, 0.25) is 0 Å². The molecule has 2 aromatic rings. The van der Waals surface area contributed by atoms with Crippen molar-refractivity contribution in [1.29, 1.82) is 0 Å². The molecule has 4 nitrogen and oxygen atoms in total. The van der Waals surface area contributed by atoms with Crippen LogP contribution in [0.1, 0.15) is 30.6 Å². The minimum absolute atomic E-state index is 0.113. The molecule has 110 valence electrons. The zero-order valence-electron chi connectivity index (χ0n) is 12.7. The minimum atomic E-state index is 0.113. The molecular weight excluding hydrogens is 262 g/mol. The van der Waals surface area contributed by atoms with Crippen LogP contribution in [0.4, 0.5) is 4.79 Å². The third kappa shape index (κ3) is 1.69. The van der Waals surface area contributed by atoms with Crippen molar-refractivity contribution in [1.82, 2.24) is 14.4 Å². The number of carbonyl (C=O) groups is 1. The van der Waals surface area contributed by atoms with Crippen molar-refractivity contribution in [2.75, 3.05) is 26.7 Å². The number of benzene rings is 1. The smallest absolute Gasteiger partial charge is 0.325 e. The summed E-state index contributed by atoms with van der Waals surface area (Å²) in [6.07, 6.45) is 2.21. The van der Waals surface area contributed by atoms with E-state index in [0.29, 0.717) is 6.04 Å². The van der Waals surface area contributed by atoms with Gasteiger partial charge in [-0.1, -0.05) is 25.1 Å². The molecule has 4 rings (SSSR count). The number of carbonyl (C=O) groups excluding carboxylic acids is 1. The zero-order chi connectivity index (χ0) is 14.6. The fourth-order valence-corrected chi connectivity index (χ4v) is 3.99. The Balaban J connectivity index is 1.99. The number of hydrogen-bond donors (Lipinski definition) is 0. The number of para-hydroxylation sites is 1. The Labute approximate surface area is 124 Å². The number of rotatable bonds is 2. The summed E-state index contributed by atoms with van der Waals surface area (Å²) >= 11 is 0. The summed E-state index contributed by atoms with van der Waals surface area (Å²) in [4.78, 5) is 17.1. The molecule has 3 heterocycles. The third-order valence-electron chi connectivity index (χ3n) is 4.90. The monoisotopic (exact) mass is 283 g/mol. The lowest BCUT2D eigenvalue weighted by Gasteiger charge is -2.41. The average Bonchev–Trinajstić information content (AvgIpc) is 2.83. The van der Waals surface area contributed by atoms with Gasteiger partial charge in [0.25, 0.3) is 0 Å². The molecule has 1 atom stereocenters. The fraction of sp³-hybridized carbons (Fsp3) is 0.471. The van der Waals surface area contributed by atoms with Crippen LogP contribution in [0.25, 0.3) is 10.9 Å². The number of likely N-dealkylation sites (N-methyl/N-ethyl adjacent to an activating group) is 1. The maximum Gasteiger partial charge on any atom is 0.328 e. The van der Waals surface area contributed by atoms with Crippen LogP contribution < -0.4 is 0 Å². The van der Waals surface area contributed by atoms with Gasteiger partial charge in [0, 0.05) is 25.5 Å². The van der Waals surface area contributed by atoms with Gasteiger partial charge >= 0.3 is 6.03 Å². The van der Waals surface area contributed by atoms with Gasteiger partial charge in [-0.2, -0.15) is 0 Å². The summed E-state index contributed by atoms with van der Waals surface area (Å²) in [6.45, 7) is 5.24. The highest BCUT2D eigenvalue weighted by Gasteiger charge is 2.39. The van der Waals surface area contributed by atoms with Crippen molar-refractivity contribution < 1.29 is 4.79 Å². The molecule has 2 aliphatic rings. The van der Waals surface area contributed by atoms with E-state index in [4.69, 9.17) is 0 Å². The molecule has 1 amide bonds. The van der Waals surface area contributed by atoms with Gasteiger partial charge in [0.05, 0.1) is 17.3 Å². The standard InChI is InChI=1S/C17H21N3O/c1-3-9-19-10-8-13-12-6-4-5-7-14(12)20-16(13)15(19)11-18(2)17(20)21/h4-7,15H,3,8-11H2,1-2H3. The summed E-state index contributed by atoms with van der Waals surface area (Å²) in [5.41, 5.74) is 3.71. The summed E-state index contributed by atoms with van der Waals surface area (Å²) in [5.74, 6) is 0. The molecule has 2 aliphatic heterocycles. The van der Waals surface area contributed by atoms with Gasteiger partial charge in [0.1, 0.15) is 0 Å². The quantitative estimate of drug-likeness (QED) is 0.848. The topological polar surface area (TPSA) is 28.5 Å². The number of fused-ring (bicyclic) bond motifs is 3. The Morgan fingerprint density at radius 3 is 2.90 bits per heavy atom. The van der Waals surface area contributed by atoms with E-state index in [1.165, 1.54) is 16.6 Å². The first-order chi connectivity index (χ1) is 10.2. The molecule has 0 N–H and O–H groups in total. The van der Waals surface area contributed by atoms with Gasteiger partial charge in [-0.15, -0.1) is 0 Å². The highest BCUT2D eigenvalue weighted by Crippen LogP contribution is 2.39. The number of hydrogen-bond acceptors (Lipinski definition) is 2. The van der Waals surface area contributed by atoms with E-state index in [1.807, 2.05) is 22.6 Å². The molecule has 4 heteroatoms. The molecule has 0 bridgehead atoms. The van der Waals surface area contributed by atoms with E-state index in [0.717, 1.165) is 38.0 Å². The minimum Gasteiger partial charge on any atom is -0.325 e. The highest BCUT2D eigenvalue weighted by atomic mass is 16.2. The Bertz CT molecular complexity index is 718. The van der Waals surface area contributed by atoms with E-state index in [2.05, 4.69) is 30.0 Å². The molecule has 0 saturated carbocycles. The number of amides is 1. The maximum absolute atomic E-state index is 12.7. The lowest BCUT2D eigenvalue weighted by molar-refractivity contribution is 0.124.